The van der Waals surface area contributed by atoms with E-state index in [4.69, 9.17) is 0 Å². The van der Waals surface area contributed by atoms with E-state index in [1.807, 2.05) is 6.92 Å². The Balaban J connectivity index is 2.54. The fourth-order valence-electron chi connectivity index (χ4n) is 0.757. The van der Waals surface area contributed by atoms with Crippen LogP contribution in [0.15, 0.2) is 29.6 Å². The Morgan fingerprint density at radius 1 is 1.77 bits per heavy atom. The van der Waals surface area contributed by atoms with Crippen molar-refractivity contribution in [3.8, 4) is 0 Å². The third-order valence-corrected chi connectivity index (χ3v) is 1.36. The Labute approximate surface area is 76.7 Å². The first kappa shape index (κ1) is 9.38. The fraction of sp³-hybridized carbons (Fsp3) is 0.222. The maximum Gasteiger partial charge on any atom is 0.272 e. The average molecular weight is 177 g/mol. The maximum atomic E-state index is 11.3. The summed E-state index contributed by atoms with van der Waals surface area (Å²) < 4.78 is 0. The van der Waals surface area contributed by atoms with Gasteiger partial charge in [0.2, 0.25) is 0 Å². The van der Waals surface area contributed by atoms with E-state index >= 15 is 0 Å². The first-order valence-electron chi connectivity index (χ1n) is 4.06. The van der Waals surface area contributed by atoms with Gasteiger partial charge in [-0.1, -0.05) is 6.92 Å². The molecule has 0 saturated heterocycles. The van der Waals surface area contributed by atoms with Crippen LogP contribution in [0.3, 0.4) is 0 Å². The zero-order valence-electron chi connectivity index (χ0n) is 7.40. The molecule has 0 radical (unpaired) electrons. The van der Waals surface area contributed by atoms with Crippen LogP contribution >= 0.6 is 0 Å². The minimum atomic E-state index is -0.238. The number of nitrogens with zero attached hydrogens (tertiary/aromatic N) is 2. The second-order valence-electron chi connectivity index (χ2n) is 2.40. The molecule has 0 unspecified atom stereocenters. The molecule has 1 aromatic heterocycles. The Morgan fingerprint density at radius 2 is 2.62 bits per heavy atom. The summed E-state index contributed by atoms with van der Waals surface area (Å²) in [4.78, 5) is 15.1. The van der Waals surface area contributed by atoms with Crippen LogP contribution in [0.4, 0.5) is 0 Å². The third kappa shape index (κ3) is 3.02. The Morgan fingerprint density at radius 3 is 3.23 bits per heavy atom. The van der Waals surface area contributed by atoms with Crippen molar-refractivity contribution in [1.82, 2.24) is 10.4 Å². The van der Waals surface area contributed by atoms with Gasteiger partial charge in [0.1, 0.15) is 0 Å². The highest BCUT2D eigenvalue weighted by atomic mass is 16.2. The summed E-state index contributed by atoms with van der Waals surface area (Å²) in [5.74, 6) is -0.238. The van der Waals surface area contributed by atoms with Gasteiger partial charge in [-0.05, 0) is 18.6 Å². The van der Waals surface area contributed by atoms with Gasteiger partial charge in [-0.15, -0.1) is 0 Å². The number of nitrogens with one attached hydrogen (secondary N) is 1. The quantitative estimate of drug-likeness (QED) is 0.557. The average Bonchev–Trinajstić information content (AvgIpc) is 2.19. The van der Waals surface area contributed by atoms with E-state index < -0.39 is 0 Å². The Bertz CT molecular complexity index is 295. The topological polar surface area (TPSA) is 54.4 Å². The van der Waals surface area contributed by atoms with Gasteiger partial charge in [0.15, 0.2) is 0 Å². The summed E-state index contributed by atoms with van der Waals surface area (Å²) in [5.41, 5.74) is 2.90. The van der Waals surface area contributed by atoms with Crippen molar-refractivity contribution in [3.05, 3.63) is 30.1 Å². The molecule has 1 N–H and O–H groups in total. The highest BCUT2D eigenvalue weighted by Crippen LogP contribution is 1.94. The molecule has 0 bridgehead atoms. The number of carbonyl (C=O) groups is 1. The van der Waals surface area contributed by atoms with Crippen LogP contribution in [0.1, 0.15) is 23.7 Å². The molecule has 4 heteroatoms. The predicted molar refractivity (Wildman–Crippen MR) is 50.5 cm³/mol. The molecule has 0 aliphatic carbocycles. The summed E-state index contributed by atoms with van der Waals surface area (Å²) >= 11 is 0. The lowest BCUT2D eigenvalue weighted by Gasteiger charge is -1.96. The number of pyridine rings is 1. The second kappa shape index (κ2) is 5.03. The molecule has 1 rings (SSSR count). The van der Waals surface area contributed by atoms with E-state index in [1.165, 1.54) is 6.20 Å². The Hall–Kier alpha value is -1.71. The summed E-state index contributed by atoms with van der Waals surface area (Å²) in [5, 5.41) is 3.71. The molecule has 1 heterocycles. The lowest BCUT2D eigenvalue weighted by molar-refractivity contribution is 0.0954. The zero-order valence-corrected chi connectivity index (χ0v) is 7.40. The van der Waals surface area contributed by atoms with E-state index in [2.05, 4.69) is 15.5 Å². The molecule has 1 amide bonds. The van der Waals surface area contributed by atoms with Crippen molar-refractivity contribution in [1.29, 1.82) is 0 Å². The number of carbonyl (C=O) groups excluding carboxylic acids is 1. The first-order valence-corrected chi connectivity index (χ1v) is 4.06. The first-order chi connectivity index (χ1) is 6.34. The molecule has 1 aromatic rings. The normalized spacial score (nSPS) is 10.2. The molecule has 0 aliphatic heterocycles. The van der Waals surface area contributed by atoms with E-state index in [0.29, 0.717) is 5.56 Å². The lowest BCUT2D eigenvalue weighted by Crippen LogP contribution is -2.17. The summed E-state index contributed by atoms with van der Waals surface area (Å²) in [6.45, 7) is 1.94. The monoisotopic (exact) mass is 177 g/mol. The van der Waals surface area contributed by atoms with Crippen LogP contribution in [0, 0.1) is 0 Å². The van der Waals surface area contributed by atoms with Gasteiger partial charge in [0.05, 0.1) is 5.56 Å². The van der Waals surface area contributed by atoms with Crippen LogP contribution < -0.4 is 5.43 Å². The summed E-state index contributed by atoms with van der Waals surface area (Å²) in [7, 11) is 0. The zero-order chi connectivity index (χ0) is 9.52. The fourth-order valence-corrected chi connectivity index (χ4v) is 0.757. The number of aromatic nitrogens is 1. The van der Waals surface area contributed by atoms with Crippen molar-refractivity contribution in [2.75, 3.05) is 0 Å². The number of amides is 1. The molecule has 0 aromatic carbocycles. The van der Waals surface area contributed by atoms with Gasteiger partial charge >= 0.3 is 0 Å². The molecular formula is C9H11N3O. The van der Waals surface area contributed by atoms with Crippen LogP contribution in [0.5, 0.6) is 0 Å². The number of hydrazone groups is 1. The smallest absolute Gasteiger partial charge is 0.267 e. The van der Waals surface area contributed by atoms with Gasteiger partial charge in [0, 0.05) is 18.6 Å². The molecule has 13 heavy (non-hydrogen) atoms. The molecule has 0 atom stereocenters. The number of hydrogen-bond acceptors (Lipinski definition) is 3. The standard InChI is InChI=1S/C9H11N3O/c1-2-5-11-12-9(13)8-4-3-6-10-7-8/h3-7H,2H2,1H3,(H,12,13). The molecular weight excluding hydrogens is 166 g/mol. The van der Waals surface area contributed by atoms with Crippen LogP contribution in [-0.2, 0) is 0 Å². The lowest BCUT2D eigenvalue weighted by atomic mass is 10.3. The third-order valence-electron chi connectivity index (χ3n) is 1.36. The summed E-state index contributed by atoms with van der Waals surface area (Å²) in [6, 6.07) is 3.39. The molecule has 0 saturated carbocycles. The highest BCUT2D eigenvalue weighted by Gasteiger charge is 2.01. The maximum absolute atomic E-state index is 11.3. The number of rotatable bonds is 3. The highest BCUT2D eigenvalue weighted by molar-refractivity contribution is 5.93. The van der Waals surface area contributed by atoms with Crippen LogP contribution in [-0.4, -0.2) is 17.1 Å². The van der Waals surface area contributed by atoms with Crippen molar-refractivity contribution >= 4 is 12.1 Å². The minimum absolute atomic E-state index is 0.238. The van der Waals surface area contributed by atoms with Crippen molar-refractivity contribution in [2.24, 2.45) is 5.10 Å². The van der Waals surface area contributed by atoms with Gasteiger partial charge in [-0.25, -0.2) is 5.43 Å². The summed E-state index contributed by atoms with van der Waals surface area (Å²) in [6.07, 6.45) is 5.55. The predicted octanol–water partition coefficient (Wildman–Crippen LogP) is 1.21. The number of hydrogen-bond donors (Lipinski definition) is 1. The SMILES string of the molecule is CCC=NNC(=O)c1cccnc1. The van der Waals surface area contributed by atoms with E-state index in [1.54, 1.807) is 24.5 Å². The largest absolute Gasteiger partial charge is 0.272 e. The van der Waals surface area contributed by atoms with Gasteiger partial charge in [-0.2, -0.15) is 5.10 Å². The molecule has 4 nitrogen and oxygen atoms in total. The van der Waals surface area contributed by atoms with E-state index in [-0.39, 0.29) is 5.91 Å². The van der Waals surface area contributed by atoms with Gasteiger partial charge in [0.25, 0.3) is 5.91 Å². The van der Waals surface area contributed by atoms with Crippen LogP contribution in [0.25, 0.3) is 0 Å². The van der Waals surface area contributed by atoms with Gasteiger partial charge < -0.3 is 0 Å². The van der Waals surface area contributed by atoms with Crippen molar-refractivity contribution in [2.45, 2.75) is 13.3 Å². The van der Waals surface area contributed by atoms with E-state index in [0.717, 1.165) is 6.42 Å². The van der Waals surface area contributed by atoms with E-state index in [9.17, 15) is 4.79 Å². The minimum Gasteiger partial charge on any atom is -0.267 e. The molecule has 0 spiro atoms. The Kier molecular flexibility index (Phi) is 3.63. The molecule has 0 fully saturated rings. The molecule has 68 valence electrons. The van der Waals surface area contributed by atoms with Crippen LogP contribution in [0.2, 0.25) is 0 Å². The van der Waals surface area contributed by atoms with Crippen molar-refractivity contribution < 1.29 is 4.79 Å². The van der Waals surface area contributed by atoms with Crippen molar-refractivity contribution in [3.63, 3.8) is 0 Å². The molecule has 0 aliphatic rings. The second-order valence-corrected chi connectivity index (χ2v) is 2.40. The van der Waals surface area contributed by atoms with Gasteiger partial charge in [-0.3, -0.25) is 9.78 Å².